The molecule has 28 heavy (non-hydrogen) atoms. The second-order valence-corrected chi connectivity index (χ2v) is 6.95. The fourth-order valence-electron chi connectivity index (χ4n) is 2.71. The first-order chi connectivity index (χ1) is 13.2. The van der Waals surface area contributed by atoms with Crippen molar-refractivity contribution in [2.24, 2.45) is 5.92 Å². The zero-order valence-electron chi connectivity index (χ0n) is 15.4. The topological polar surface area (TPSA) is 144 Å². The Morgan fingerprint density at radius 2 is 2.00 bits per heavy atom. The Kier molecular flexibility index (Phi) is 5.25. The number of ether oxygens (including phenoxy) is 1. The van der Waals surface area contributed by atoms with Crippen molar-refractivity contribution in [3.63, 3.8) is 0 Å². The minimum absolute atomic E-state index is 0.0239. The zero-order valence-corrected chi connectivity index (χ0v) is 16.1. The van der Waals surface area contributed by atoms with Crippen LogP contribution in [0.3, 0.4) is 0 Å². The van der Waals surface area contributed by atoms with E-state index in [4.69, 9.17) is 22.1 Å². The number of hydrogen-bond acceptors (Lipinski definition) is 7. The molecule has 1 atom stereocenters. The van der Waals surface area contributed by atoms with E-state index in [-0.39, 0.29) is 22.7 Å². The van der Waals surface area contributed by atoms with E-state index in [0.717, 1.165) is 4.68 Å². The molecule has 1 aliphatic heterocycles. The van der Waals surface area contributed by atoms with Gasteiger partial charge in [-0.15, -0.1) is 5.10 Å². The van der Waals surface area contributed by atoms with Crippen molar-refractivity contribution in [2.45, 2.75) is 27.0 Å². The number of H-pyrrole nitrogens is 1. The first kappa shape index (κ1) is 19.6. The van der Waals surface area contributed by atoms with Crippen molar-refractivity contribution in [2.75, 3.05) is 5.73 Å². The standard InChI is InChI=1S/C17H19ClN6O4/c1-7(2)10-6-12(21-22-15(10)25)28-13-8(3)4-9(5-11(13)18)24-17(27)20-16(26)14(19)23-24/h4-7,12,21H,1-3H3,(H2,19,23)(H,22,25)(H,20,26,27). The van der Waals surface area contributed by atoms with Crippen LogP contribution in [-0.4, -0.2) is 26.9 Å². The molecule has 0 radical (unpaired) electrons. The van der Waals surface area contributed by atoms with Crippen molar-refractivity contribution >= 4 is 23.3 Å². The Morgan fingerprint density at radius 3 is 2.64 bits per heavy atom. The summed E-state index contributed by atoms with van der Waals surface area (Å²) in [5.41, 5.74) is 10.8. The molecule has 5 N–H and O–H groups in total. The van der Waals surface area contributed by atoms with Crippen LogP contribution >= 0.6 is 11.6 Å². The molecular formula is C17H19ClN6O4. The number of nitrogens with zero attached hydrogens (tertiary/aromatic N) is 2. The number of carbonyl (C=O) groups excluding carboxylic acids is 1. The number of aryl methyl sites for hydroxylation is 1. The maximum atomic E-state index is 12.0. The molecule has 3 rings (SSSR count). The molecule has 0 saturated carbocycles. The van der Waals surface area contributed by atoms with E-state index in [0.29, 0.717) is 22.6 Å². The van der Waals surface area contributed by atoms with E-state index in [1.165, 1.54) is 6.07 Å². The number of benzene rings is 1. The number of halogens is 1. The molecule has 1 aromatic heterocycles. The third kappa shape index (κ3) is 3.78. The predicted octanol–water partition coefficient (Wildman–Crippen LogP) is 0.387. The number of aromatic nitrogens is 3. The Bertz CT molecular complexity index is 1060. The summed E-state index contributed by atoms with van der Waals surface area (Å²) in [5.74, 6) is -0.170. The average molecular weight is 407 g/mol. The van der Waals surface area contributed by atoms with Crippen LogP contribution in [0, 0.1) is 12.8 Å². The molecular weight excluding hydrogens is 388 g/mol. The summed E-state index contributed by atoms with van der Waals surface area (Å²) in [4.78, 5) is 37.3. The lowest BCUT2D eigenvalue weighted by atomic mass is 10.0. The highest BCUT2D eigenvalue weighted by atomic mass is 35.5. The number of amides is 1. The van der Waals surface area contributed by atoms with Gasteiger partial charge >= 0.3 is 5.69 Å². The molecule has 148 valence electrons. The lowest BCUT2D eigenvalue weighted by Gasteiger charge is -2.26. The molecule has 11 heteroatoms. The highest BCUT2D eigenvalue weighted by molar-refractivity contribution is 6.32. The third-order valence-electron chi connectivity index (χ3n) is 4.10. The van der Waals surface area contributed by atoms with Crippen molar-refractivity contribution < 1.29 is 9.53 Å². The largest absolute Gasteiger partial charge is 0.468 e. The zero-order chi connectivity index (χ0) is 20.6. The molecule has 0 fully saturated rings. The number of carbonyl (C=O) groups is 1. The summed E-state index contributed by atoms with van der Waals surface area (Å²) < 4.78 is 6.82. The van der Waals surface area contributed by atoms with E-state index >= 15 is 0 Å². The smallest absolute Gasteiger partial charge is 0.349 e. The normalized spacial score (nSPS) is 16.7. The molecule has 1 amide bonds. The molecule has 2 heterocycles. The van der Waals surface area contributed by atoms with Crippen molar-refractivity contribution in [3.8, 4) is 11.4 Å². The summed E-state index contributed by atoms with van der Waals surface area (Å²) in [5, 5.41) is 3.99. The Morgan fingerprint density at radius 1 is 1.29 bits per heavy atom. The van der Waals surface area contributed by atoms with Crippen LogP contribution < -0.4 is 32.6 Å². The molecule has 10 nitrogen and oxygen atoms in total. The van der Waals surface area contributed by atoms with Gasteiger partial charge in [-0.05, 0) is 36.6 Å². The van der Waals surface area contributed by atoms with Crippen LogP contribution in [0.25, 0.3) is 5.69 Å². The monoisotopic (exact) mass is 406 g/mol. The van der Waals surface area contributed by atoms with E-state index in [1.54, 1.807) is 19.1 Å². The Hall–Kier alpha value is -3.11. The van der Waals surface area contributed by atoms with Gasteiger partial charge in [-0.1, -0.05) is 25.4 Å². The van der Waals surface area contributed by atoms with Gasteiger partial charge in [0.25, 0.3) is 11.5 Å². The maximum absolute atomic E-state index is 12.0. The van der Waals surface area contributed by atoms with Crippen molar-refractivity contribution in [3.05, 3.63) is 55.2 Å². The number of rotatable bonds is 4. The third-order valence-corrected chi connectivity index (χ3v) is 4.38. The van der Waals surface area contributed by atoms with Gasteiger partial charge < -0.3 is 10.5 Å². The lowest BCUT2D eigenvalue weighted by molar-refractivity contribution is -0.120. The van der Waals surface area contributed by atoms with E-state index in [1.807, 2.05) is 13.8 Å². The maximum Gasteiger partial charge on any atom is 0.349 e. The fraction of sp³-hybridized carbons (Fsp3) is 0.294. The summed E-state index contributed by atoms with van der Waals surface area (Å²) in [6.45, 7) is 5.54. The van der Waals surface area contributed by atoms with Crippen LogP contribution in [0.2, 0.25) is 5.02 Å². The highest BCUT2D eigenvalue weighted by Crippen LogP contribution is 2.32. The summed E-state index contributed by atoms with van der Waals surface area (Å²) in [6.07, 6.45) is 1.06. The molecule has 1 aliphatic rings. The molecule has 1 unspecified atom stereocenters. The fourth-order valence-corrected chi connectivity index (χ4v) is 3.01. The number of nitrogen functional groups attached to an aromatic ring is 1. The first-order valence-electron chi connectivity index (χ1n) is 8.41. The molecule has 0 spiro atoms. The Balaban J connectivity index is 1.96. The number of aromatic amines is 1. The number of hydrogen-bond donors (Lipinski definition) is 4. The molecule has 0 aliphatic carbocycles. The number of nitrogens with one attached hydrogen (secondary N) is 3. The van der Waals surface area contributed by atoms with Gasteiger partial charge in [0, 0.05) is 5.57 Å². The van der Waals surface area contributed by atoms with Crippen molar-refractivity contribution in [1.29, 1.82) is 0 Å². The minimum Gasteiger partial charge on any atom is -0.468 e. The van der Waals surface area contributed by atoms with Gasteiger partial charge in [-0.25, -0.2) is 4.79 Å². The highest BCUT2D eigenvalue weighted by Gasteiger charge is 2.24. The number of hydrazine groups is 1. The van der Waals surface area contributed by atoms with E-state index in [9.17, 15) is 14.4 Å². The lowest BCUT2D eigenvalue weighted by Crippen LogP contribution is -2.51. The van der Waals surface area contributed by atoms with Gasteiger partial charge in [0.1, 0.15) is 5.75 Å². The van der Waals surface area contributed by atoms with Gasteiger partial charge in [0.15, 0.2) is 6.23 Å². The second-order valence-electron chi connectivity index (χ2n) is 6.54. The number of nitrogens with two attached hydrogens (primary N) is 1. The minimum atomic E-state index is -0.762. The van der Waals surface area contributed by atoms with Crippen LogP contribution in [-0.2, 0) is 4.79 Å². The van der Waals surface area contributed by atoms with Crippen LogP contribution in [0.1, 0.15) is 19.4 Å². The number of anilines is 1. The van der Waals surface area contributed by atoms with Crippen LogP contribution in [0.4, 0.5) is 5.82 Å². The van der Waals surface area contributed by atoms with E-state index < -0.39 is 17.5 Å². The van der Waals surface area contributed by atoms with E-state index in [2.05, 4.69) is 20.9 Å². The van der Waals surface area contributed by atoms with Gasteiger partial charge in [0.2, 0.25) is 5.82 Å². The van der Waals surface area contributed by atoms with Gasteiger partial charge in [0.05, 0.1) is 10.7 Å². The SMILES string of the molecule is Cc1cc(-n2nc(N)c(=O)[nH]c2=O)cc(Cl)c1OC1C=C(C(C)C)C(=O)NN1. The van der Waals surface area contributed by atoms with Gasteiger partial charge in [-0.2, -0.15) is 10.1 Å². The van der Waals surface area contributed by atoms with Crippen LogP contribution in [0.15, 0.2) is 33.4 Å². The predicted molar refractivity (Wildman–Crippen MR) is 103 cm³/mol. The molecule has 0 bridgehead atoms. The second kappa shape index (κ2) is 7.49. The molecule has 0 saturated heterocycles. The summed E-state index contributed by atoms with van der Waals surface area (Å²) >= 11 is 6.35. The summed E-state index contributed by atoms with van der Waals surface area (Å²) in [6, 6.07) is 3.08. The molecule has 2 aromatic rings. The van der Waals surface area contributed by atoms with Crippen LogP contribution in [0.5, 0.6) is 5.75 Å². The Labute approximate surface area is 164 Å². The quantitative estimate of drug-likeness (QED) is 0.574. The average Bonchev–Trinajstić information content (AvgIpc) is 2.62. The summed E-state index contributed by atoms with van der Waals surface area (Å²) in [7, 11) is 0. The first-order valence-corrected chi connectivity index (χ1v) is 8.79. The van der Waals surface area contributed by atoms with Crippen molar-refractivity contribution in [1.82, 2.24) is 25.6 Å². The van der Waals surface area contributed by atoms with Gasteiger partial charge in [-0.3, -0.25) is 20.0 Å². The molecule has 1 aromatic carbocycles.